The summed E-state index contributed by atoms with van der Waals surface area (Å²) < 4.78 is 1.82. The Morgan fingerprint density at radius 3 is 3.04 bits per heavy atom. The van der Waals surface area contributed by atoms with Crippen molar-refractivity contribution in [3.05, 3.63) is 46.9 Å². The predicted molar refractivity (Wildman–Crippen MR) is 101 cm³/mol. The molecule has 0 radical (unpaired) electrons. The minimum Gasteiger partial charge on any atom is -0.361 e. The first-order valence-corrected chi connectivity index (χ1v) is 9.25. The first-order valence-electron chi connectivity index (χ1n) is 8.87. The number of rotatable bonds is 5. The highest BCUT2D eigenvalue weighted by Gasteiger charge is 2.18. The van der Waals surface area contributed by atoms with Gasteiger partial charge in [0.25, 0.3) is 5.91 Å². The Morgan fingerprint density at radius 2 is 2.19 bits per heavy atom. The lowest BCUT2D eigenvalue weighted by molar-refractivity contribution is 0.0949. The molecular formula is C18H21ClN6O. The number of aromatic nitrogens is 4. The van der Waals surface area contributed by atoms with E-state index in [9.17, 15) is 4.79 Å². The second-order valence-electron chi connectivity index (χ2n) is 6.57. The number of hydrogen-bond donors (Lipinski definition) is 3. The van der Waals surface area contributed by atoms with E-state index in [1.54, 1.807) is 6.20 Å². The number of carbonyl (C=O) groups excluding carboxylic acids is 1. The number of halogens is 1. The SMILES string of the molecule is O=C(NCCc1c[nH]c2ccc(Cl)cc12)c1cn(C2CCNCC2)nn1. The Morgan fingerprint density at radius 1 is 1.35 bits per heavy atom. The second-order valence-corrected chi connectivity index (χ2v) is 7.01. The predicted octanol–water partition coefficient (Wildman–Crippen LogP) is 2.31. The number of H-pyrrole nitrogens is 1. The first-order chi connectivity index (χ1) is 12.7. The minimum atomic E-state index is -0.192. The molecule has 8 heteroatoms. The average Bonchev–Trinajstić information content (AvgIpc) is 3.30. The third-order valence-corrected chi connectivity index (χ3v) is 5.07. The zero-order chi connectivity index (χ0) is 17.9. The summed E-state index contributed by atoms with van der Waals surface area (Å²) in [5.41, 5.74) is 2.53. The Labute approximate surface area is 156 Å². The van der Waals surface area contributed by atoms with Gasteiger partial charge >= 0.3 is 0 Å². The Bertz CT molecular complexity index is 911. The molecule has 1 saturated heterocycles. The highest BCUT2D eigenvalue weighted by atomic mass is 35.5. The van der Waals surface area contributed by atoms with E-state index >= 15 is 0 Å². The van der Waals surface area contributed by atoms with Crippen molar-refractivity contribution in [3.63, 3.8) is 0 Å². The molecule has 2 aromatic heterocycles. The molecule has 0 spiro atoms. The number of nitrogens with one attached hydrogen (secondary N) is 3. The third kappa shape index (κ3) is 3.59. The van der Waals surface area contributed by atoms with Gasteiger partial charge in [0, 0.05) is 28.7 Å². The summed E-state index contributed by atoms with van der Waals surface area (Å²) in [6.07, 6.45) is 6.44. The van der Waals surface area contributed by atoms with Gasteiger partial charge in [-0.1, -0.05) is 16.8 Å². The molecule has 1 fully saturated rings. The van der Waals surface area contributed by atoms with Gasteiger partial charge in [-0.15, -0.1) is 5.10 Å². The second kappa shape index (κ2) is 7.47. The fourth-order valence-corrected chi connectivity index (χ4v) is 3.56. The lowest BCUT2D eigenvalue weighted by Gasteiger charge is -2.22. The maximum atomic E-state index is 12.3. The van der Waals surface area contributed by atoms with E-state index in [0.29, 0.717) is 29.7 Å². The van der Waals surface area contributed by atoms with Crippen LogP contribution in [0.4, 0.5) is 0 Å². The lowest BCUT2D eigenvalue weighted by Crippen LogP contribution is -2.29. The Hall–Kier alpha value is -2.38. The Balaban J connectivity index is 1.35. The van der Waals surface area contributed by atoms with Crippen molar-refractivity contribution in [2.24, 2.45) is 0 Å². The topological polar surface area (TPSA) is 87.6 Å². The maximum absolute atomic E-state index is 12.3. The summed E-state index contributed by atoms with van der Waals surface area (Å²) in [7, 11) is 0. The summed E-state index contributed by atoms with van der Waals surface area (Å²) in [5, 5.41) is 16.2. The molecule has 4 rings (SSSR count). The summed E-state index contributed by atoms with van der Waals surface area (Å²) in [6, 6.07) is 6.08. The van der Waals surface area contributed by atoms with Crippen LogP contribution in [0.2, 0.25) is 5.02 Å². The molecule has 136 valence electrons. The first kappa shape index (κ1) is 17.1. The van der Waals surface area contributed by atoms with Crippen molar-refractivity contribution in [3.8, 4) is 0 Å². The Kier molecular flexibility index (Phi) is 4.90. The van der Waals surface area contributed by atoms with E-state index in [1.807, 2.05) is 29.1 Å². The van der Waals surface area contributed by atoms with Crippen LogP contribution in [0.25, 0.3) is 10.9 Å². The van der Waals surface area contributed by atoms with E-state index in [4.69, 9.17) is 11.6 Å². The molecule has 0 aliphatic carbocycles. The van der Waals surface area contributed by atoms with E-state index in [-0.39, 0.29) is 5.91 Å². The van der Waals surface area contributed by atoms with Gasteiger partial charge in [-0.25, -0.2) is 4.68 Å². The summed E-state index contributed by atoms with van der Waals surface area (Å²) >= 11 is 6.07. The average molecular weight is 373 g/mol. The molecule has 1 aromatic carbocycles. The van der Waals surface area contributed by atoms with Crippen LogP contribution >= 0.6 is 11.6 Å². The lowest BCUT2D eigenvalue weighted by atomic mass is 10.1. The standard InChI is InChI=1S/C18H21ClN6O/c19-13-1-2-16-15(9-13)12(10-22-16)3-8-21-18(26)17-11-25(24-23-17)14-4-6-20-7-5-14/h1-2,9-11,14,20,22H,3-8H2,(H,21,26). The molecule has 0 saturated carbocycles. The van der Waals surface area contributed by atoms with Crippen molar-refractivity contribution in [1.82, 2.24) is 30.6 Å². The van der Waals surface area contributed by atoms with Gasteiger partial charge < -0.3 is 15.6 Å². The van der Waals surface area contributed by atoms with Crippen molar-refractivity contribution in [2.45, 2.75) is 25.3 Å². The van der Waals surface area contributed by atoms with Crippen molar-refractivity contribution < 1.29 is 4.79 Å². The van der Waals surface area contributed by atoms with Crippen molar-refractivity contribution >= 4 is 28.4 Å². The highest BCUT2D eigenvalue weighted by molar-refractivity contribution is 6.31. The molecule has 0 bridgehead atoms. The van der Waals surface area contributed by atoms with Crippen LogP contribution in [-0.2, 0) is 6.42 Å². The van der Waals surface area contributed by atoms with Gasteiger partial charge in [-0.05, 0) is 56.1 Å². The molecule has 1 aliphatic heterocycles. The zero-order valence-corrected chi connectivity index (χ0v) is 15.1. The number of fused-ring (bicyclic) bond motifs is 1. The smallest absolute Gasteiger partial charge is 0.273 e. The monoisotopic (exact) mass is 372 g/mol. The molecule has 7 nitrogen and oxygen atoms in total. The molecule has 0 atom stereocenters. The van der Waals surface area contributed by atoms with Crippen LogP contribution in [0.3, 0.4) is 0 Å². The van der Waals surface area contributed by atoms with Gasteiger partial charge in [0.2, 0.25) is 0 Å². The normalized spacial score (nSPS) is 15.4. The van der Waals surface area contributed by atoms with Crippen molar-refractivity contribution in [2.75, 3.05) is 19.6 Å². The van der Waals surface area contributed by atoms with Crippen LogP contribution in [0, 0.1) is 0 Å². The van der Waals surface area contributed by atoms with Gasteiger partial charge in [-0.2, -0.15) is 0 Å². The quantitative estimate of drug-likeness (QED) is 0.641. The molecule has 1 amide bonds. The van der Waals surface area contributed by atoms with Crippen LogP contribution in [0.15, 0.2) is 30.6 Å². The highest BCUT2D eigenvalue weighted by Crippen LogP contribution is 2.22. The van der Waals surface area contributed by atoms with Crippen LogP contribution in [0.1, 0.15) is 34.9 Å². The van der Waals surface area contributed by atoms with Crippen molar-refractivity contribution in [1.29, 1.82) is 0 Å². The number of piperidine rings is 1. The van der Waals surface area contributed by atoms with E-state index in [1.165, 1.54) is 0 Å². The molecule has 3 heterocycles. The minimum absolute atomic E-state index is 0.192. The maximum Gasteiger partial charge on any atom is 0.273 e. The molecule has 3 N–H and O–H groups in total. The number of aromatic amines is 1. The largest absolute Gasteiger partial charge is 0.361 e. The molecule has 1 aliphatic rings. The third-order valence-electron chi connectivity index (χ3n) is 4.84. The molecule has 3 aromatic rings. The van der Waals surface area contributed by atoms with Crippen LogP contribution < -0.4 is 10.6 Å². The fourth-order valence-electron chi connectivity index (χ4n) is 3.39. The van der Waals surface area contributed by atoms with Gasteiger partial charge in [0.15, 0.2) is 5.69 Å². The fraction of sp³-hybridized carbons (Fsp3) is 0.389. The summed E-state index contributed by atoms with van der Waals surface area (Å²) in [4.78, 5) is 15.5. The molecular weight excluding hydrogens is 352 g/mol. The molecule has 0 unspecified atom stereocenters. The zero-order valence-electron chi connectivity index (χ0n) is 14.3. The van der Waals surface area contributed by atoms with Gasteiger partial charge in [-0.3, -0.25) is 4.79 Å². The number of amides is 1. The van der Waals surface area contributed by atoms with E-state index in [0.717, 1.165) is 42.4 Å². The van der Waals surface area contributed by atoms with Gasteiger partial charge in [0.05, 0.1) is 12.2 Å². The molecule has 26 heavy (non-hydrogen) atoms. The van der Waals surface area contributed by atoms with Crippen LogP contribution in [0.5, 0.6) is 0 Å². The van der Waals surface area contributed by atoms with E-state index < -0.39 is 0 Å². The number of carbonyl (C=O) groups is 1. The number of benzene rings is 1. The van der Waals surface area contributed by atoms with E-state index in [2.05, 4.69) is 25.9 Å². The van der Waals surface area contributed by atoms with Gasteiger partial charge in [0.1, 0.15) is 0 Å². The number of nitrogens with zero attached hydrogens (tertiary/aromatic N) is 3. The summed E-state index contributed by atoms with van der Waals surface area (Å²) in [5.74, 6) is -0.192. The number of hydrogen-bond acceptors (Lipinski definition) is 4. The van der Waals surface area contributed by atoms with Crippen LogP contribution in [-0.4, -0.2) is 45.5 Å². The summed E-state index contributed by atoms with van der Waals surface area (Å²) in [6.45, 7) is 2.47.